The predicted octanol–water partition coefficient (Wildman–Crippen LogP) is 1.73. The lowest BCUT2D eigenvalue weighted by molar-refractivity contribution is -0.130. The molecule has 0 aliphatic rings. The number of carbonyl (C=O) groups excluding carboxylic acids is 1. The maximum absolute atomic E-state index is 12.1. The molecular weight excluding hydrogens is 284 g/mol. The van der Waals surface area contributed by atoms with E-state index in [0.717, 1.165) is 11.3 Å². The molecule has 0 radical (unpaired) electrons. The number of benzene rings is 1. The van der Waals surface area contributed by atoms with Crippen molar-refractivity contribution in [3.8, 4) is 5.75 Å². The van der Waals surface area contributed by atoms with Crippen LogP contribution in [0.3, 0.4) is 0 Å². The molecule has 0 saturated heterocycles. The molecule has 1 atom stereocenters. The summed E-state index contributed by atoms with van der Waals surface area (Å²) in [6.45, 7) is 1.99. The van der Waals surface area contributed by atoms with E-state index in [2.05, 4.69) is 5.16 Å². The fourth-order valence-electron chi connectivity index (χ4n) is 2.08. The molecule has 0 fully saturated rings. The first-order valence-electron chi connectivity index (χ1n) is 6.97. The zero-order valence-electron chi connectivity index (χ0n) is 12.9. The van der Waals surface area contributed by atoms with Gasteiger partial charge in [0.05, 0.1) is 31.9 Å². The minimum Gasteiger partial charge on any atom is -0.497 e. The minimum absolute atomic E-state index is 0.124. The number of aliphatic hydroxyl groups excluding tert-OH is 1. The van der Waals surface area contributed by atoms with E-state index in [0.29, 0.717) is 11.5 Å². The zero-order valence-corrected chi connectivity index (χ0v) is 12.9. The highest BCUT2D eigenvalue weighted by atomic mass is 16.5. The summed E-state index contributed by atoms with van der Waals surface area (Å²) in [7, 11) is 3.24. The highest BCUT2D eigenvalue weighted by molar-refractivity contribution is 5.78. The lowest BCUT2D eigenvalue weighted by Gasteiger charge is -2.21. The van der Waals surface area contributed by atoms with Gasteiger partial charge in [-0.2, -0.15) is 0 Å². The molecule has 2 rings (SSSR count). The van der Waals surface area contributed by atoms with E-state index in [9.17, 15) is 9.90 Å². The molecule has 1 amide bonds. The van der Waals surface area contributed by atoms with Crippen molar-refractivity contribution >= 4 is 5.91 Å². The topological polar surface area (TPSA) is 75.8 Å². The number of rotatable bonds is 6. The second-order valence-corrected chi connectivity index (χ2v) is 5.17. The standard InChI is InChI=1S/C16H20N2O4/c1-11-8-13(17-22-11)9-16(20)18(2)10-15(19)12-4-6-14(21-3)7-5-12/h4-8,15,19H,9-10H2,1-3H3. The largest absolute Gasteiger partial charge is 0.497 e. The van der Waals surface area contributed by atoms with Crippen LogP contribution in [0.4, 0.5) is 0 Å². The summed E-state index contributed by atoms with van der Waals surface area (Å²) in [5.74, 6) is 1.27. The lowest BCUT2D eigenvalue weighted by Crippen LogP contribution is -2.32. The highest BCUT2D eigenvalue weighted by Crippen LogP contribution is 2.18. The second kappa shape index (κ2) is 7.09. The van der Waals surface area contributed by atoms with Gasteiger partial charge in [0.15, 0.2) is 0 Å². The SMILES string of the molecule is COc1ccc(C(O)CN(C)C(=O)Cc2cc(C)on2)cc1. The molecular formula is C16H20N2O4. The zero-order chi connectivity index (χ0) is 16.1. The van der Waals surface area contributed by atoms with Gasteiger partial charge in [-0.1, -0.05) is 17.3 Å². The molecule has 0 spiro atoms. The number of nitrogens with zero attached hydrogens (tertiary/aromatic N) is 2. The summed E-state index contributed by atoms with van der Waals surface area (Å²) >= 11 is 0. The van der Waals surface area contributed by atoms with E-state index < -0.39 is 6.10 Å². The number of hydrogen-bond acceptors (Lipinski definition) is 5. The first-order chi connectivity index (χ1) is 10.5. The Morgan fingerprint density at radius 3 is 2.64 bits per heavy atom. The highest BCUT2D eigenvalue weighted by Gasteiger charge is 2.17. The van der Waals surface area contributed by atoms with Gasteiger partial charge in [-0.15, -0.1) is 0 Å². The van der Waals surface area contributed by atoms with Crippen molar-refractivity contribution in [2.24, 2.45) is 0 Å². The van der Waals surface area contributed by atoms with E-state index in [-0.39, 0.29) is 18.9 Å². The first-order valence-corrected chi connectivity index (χ1v) is 6.97. The first kappa shape index (κ1) is 16.0. The van der Waals surface area contributed by atoms with E-state index in [1.54, 1.807) is 51.4 Å². The summed E-state index contributed by atoms with van der Waals surface area (Å²) < 4.78 is 10.0. The van der Waals surface area contributed by atoms with Crippen LogP contribution in [0, 0.1) is 6.92 Å². The molecule has 0 aliphatic heterocycles. The Labute approximate surface area is 129 Å². The Hall–Kier alpha value is -2.34. The number of methoxy groups -OCH3 is 1. The van der Waals surface area contributed by atoms with Crippen LogP contribution in [-0.4, -0.2) is 41.8 Å². The Morgan fingerprint density at radius 2 is 2.09 bits per heavy atom. The van der Waals surface area contributed by atoms with Crippen molar-refractivity contribution < 1.29 is 19.2 Å². The summed E-state index contributed by atoms with van der Waals surface area (Å²) in [5.41, 5.74) is 1.33. The smallest absolute Gasteiger partial charge is 0.228 e. The van der Waals surface area contributed by atoms with E-state index in [1.165, 1.54) is 4.90 Å². The van der Waals surface area contributed by atoms with Crippen LogP contribution in [0.5, 0.6) is 5.75 Å². The van der Waals surface area contributed by atoms with Gasteiger partial charge >= 0.3 is 0 Å². The van der Waals surface area contributed by atoms with Gasteiger partial charge in [0.1, 0.15) is 11.5 Å². The maximum Gasteiger partial charge on any atom is 0.228 e. The van der Waals surface area contributed by atoms with Crippen molar-refractivity contribution in [3.63, 3.8) is 0 Å². The third kappa shape index (κ3) is 4.08. The molecule has 1 unspecified atom stereocenters. The molecule has 118 valence electrons. The van der Waals surface area contributed by atoms with Gasteiger partial charge in [0.25, 0.3) is 0 Å². The van der Waals surface area contributed by atoms with Gasteiger partial charge in [0.2, 0.25) is 5.91 Å². The average Bonchev–Trinajstić information content (AvgIpc) is 2.92. The Bertz CT molecular complexity index is 621. The molecule has 22 heavy (non-hydrogen) atoms. The molecule has 6 heteroatoms. The Morgan fingerprint density at radius 1 is 1.41 bits per heavy atom. The number of carbonyl (C=O) groups is 1. The molecule has 0 aliphatic carbocycles. The van der Waals surface area contributed by atoms with Gasteiger partial charge in [-0.25, -0.2) is 0 Å². The lowest BCUT2D eigenvalue weighted by atomic mass is 10.1. The number of likely N-dealkylation sites (N-methyl/N-ethyl adjacent to an activating group) is 1. The summed E-state index contributed by atoms with van der Waals surface area (Å²) in [5, 5.41) is 14.0. The number of amides is 1. The van der Waals surface area contributed by atoms with Crippen molar-refractivity contribution in [2.75, 3.05) is 20.7 Å². The third-order valence-corrected chi connectivity index (χ3v) is 3.38. The minimum atomic E-state index is -0.751. The van der Waals surface area contributed by atoms with Crippen LogP contribution in [0.25, 0.3) is 0 Å². The summed E-state index contributed by atoms with van der Waals surface area (Å²) in [6, 6.07) is 8.84. The number of aromatic nitrogens is 1. The van der Waals surface area contributed by atoms with Crippen LogP contribution < -0.4 is 4.74 Å². The van der Waals surface area contributed by atoms with Crippen molar-refractivity contribution in [3.05, 3.63) is 47.3 Å². The molecule has 0 saturated carbocycles. The summed E-state index contributed by atoms with van der Waals surface area (Å²) in [6.07, 6.45) is -0.595. The van der Waals surface area contributed by atoms with Crippen LogP contribution in [0.1, 0.15) is 23.1 Å². The molecule has 1 N–H and O–H groups in total. The number of aryl methyl sites for hydroxylation is 1. The number of ether oxygens (including phenoxy) is 1. The molecule has 2 aromatic rings. The summed E-state index contributed by atoms with van der Waals surface area (Å²) in [4.78, 5) is 13.6. The molecule has 1 aromatic carbocycles. The van der Waals surface area contributed by atoms with E-state index >= 15 is 0 Å². The van der Waals surface area contributed by atoms with E-state index in [1.807, 2.05) is 0 Å². The van der Waals surface area contributed by atoms with Crippen molar-refractivity contribution in [2.45, 2.75) is 19.4 Å². The third-order valence-electron chi connectivity index (χ3n) is 3.38. The van der Waals surface area contributed by atoms with Gasteiger partial charge in [0, 0.05) is 13.1 Å². The molecule has 1 aromatic heterocycles. The fraction of sp³-hybridized carbons (Fsp3) is 0.375. The van der Waals surface area contributed by atoms with Crippen molar-refractivity contribution in [1.82, 2.24) is 10.1 Å². The number of aliphatic hydroxyl groups is 1. The Balaban J connectivity index is 1.91. The van der Waals surface area contributed by atoms with Crippen LogP contribution >= 0.6 is 0 Å². The van der Waals surface area contributed by atoms with Crippen molar-refractivity contribution in [1.29, 1.82) is 0 Å². The maximum atomic E-state index is 12.1. The van der Waals surface area contributed by atoms with Crippen LogP contribution in [-0.2, 0) is 11.2 Å². The fourth-order valence-corrected chi connectivity index (χ4v) is 2.08. The molecule has 1 heterocycles. The monoisotopic (exact) mass is 304 g/mol. The normalized spacial score (nSPS) is 12.0. The quantitative estimate of drug-likeness (QED) is 0.879. The number of hydrogen-bond donors (Lipinski definition) is 1. The van der Waals surface area contributed by atoms with Gasteiger partial charge < -0.3 is 19.3 Å². The van der Waals surface area contributed by atoms with Gasteiger partial charge in [-0.05, 0) is 24.6 Å². The van der Waals surface area contributed by atoms with E-state index in [4.69, 9.17) is 9.26 Å². The Kier molecular flexibility index (Phi) is 5.16. The average molecular weight is 304 g/mol. The van der Waals surface area contributed by atoms with Crippen LogP contribution in [0.2, 0.25) is 0 Å². The van der Waals surface area contributed by atoms with Crippen LogP contribution in [0.15, 0.2) is 34.9 Å². The predicted molar refractivity (Wildman–Crippen MR) is 80.5 cm³/mol. The second-order valence-electron chi connectivity index (χ2n) is 5.17. The molecule has 0 bridgehead atoms. The van der Waals surface area contributed by atoms with Gasteiger partial charge in [-0.3, -0.25) is 4.79 Å². The molecule has 6 nitrogen and oxygen atoms in total.